The summed E-state index contributed by atoms with van der Waals surface area (Å²) in [5.41, 5.74) is 2.24. The standard InChI is InChI=1S/C28H38FN5O/c1-19-15-21-16-30-27(31-22-9-12-28(2,29)13-10-22)32-25(21)18-34(19)26(35)23-11-14-33(3)17-24(23)20-7-5-4-6-8-20/h4-8,16,19,22-24H,9-15,17-18H2,1-3H3,(H,30,31,32)/t19-,22?,23+,24-,28?/m1/s1. The first-order valence-electron chi connectivity index (χ1n) is 13.1. The van der Waals surface area contributed by atoms with Gasteiger partial charge in [0, 0.05) is 36.7 Å². The summed E-state index contributed by atoms with van der Waals surface area (Å²) in [6.07, 6.45) is 6.25. The number of nitrogens with one attached hydrogen (secondary N) is 1. The lowest BCUT2D eigenvalue weighted by Crippen LogP contribution is -2.50. The maximum atomic E-state index is 14.2. The Bertz CT molecular complexity index is 1030. The molecule has 5 rings (SSSR count). The number of anilines is 1. The van der Waals surface area contributed by atoms with Crippen LogP contribution in [-0.4, -0.2) is 63.6 Å². The Morgan fingerprint density at radius 1 is 1.17 bits per heavy atom. The number of halogens is 1. The van der Waals surface area contributed by atoms with Crippen molar-refractivity contribution < 1.29 is 9.18 Å². The van der Waals surface area contributed by atoms with Gasteiger partial charge in [-0.1, -0.05) is 30.3 Å². The molecule has 3 heterocycles. The number of piperidine rings is 1. The summed E-state index contributed by atoms with van der Waals surface area (Å²) in [7, 11) is 2.14. The summed E-state index contributed by atoms with van der Waals surface area (Å²) >= 11 is 0. The number of alkyl halides is 1. The van der Waals surface area contributed by atoms with E-state index in [-0.39, 0.29) is 29.8 Å². The number of rotatable bonds is 4. The van der Waals surface area contributed by atoms with E-state index >= 15 is 0 Å². The van der Waals surface area contributed by atoms with Crippen LogP contribution in [0.25, 0.3) is 0 Å². The molecule has 7 heteroatoms. The second-order valence-corrected chi connectivity index (χ2v) is 11.2. The molecule has 2 aliphatic heterocycles. The van der Waals surface area contributed by atoms with Crippen LogP contribution in [0.2, 0.25) is 0 Å². The van der Waals surface area contributed by atoms with Gasteiger partial charge in [0.15, 0.2) is 0 Å². The average Bonchev–Trinajstić information content (AvgIpc) is 2.85. The molecule has 0 spiro atoms. The van der Waals surface area contributed by atoms with Crippen LogP contribution in [0.15, 0.2) is 36.5 Å². The zero-order valence-electron chi connectivity index (χ0n) is 21.2. The van der Waals surface area contributed by atoms with E-state index in [0.717, 1.165) is 50.0 Å². The van der Waals surface area contributed by atoms with Crippen molar-refractivity contribution in [3.05, 3.63) is 53.3 Å². The summed E-state index contributed by atoms with van der Waals surface area (Å²) in [6.45, 7) is 6.18. The van der Waals surface area contributed by atoms with Gasteiger partial charge in [-0.15, -0.1) is 0 Å². The normalized spacial score (nSPS) is 31.6. The number of hydrogen-bond donors (Lipinski definition) is 1. The van der Waals surface area contributed by atoms with E-state index in [2.05, 4.69) is 53.4 Å². The molecule has 0 unspecified atom stereocenters. The van der Waals surface area contributed by atoms with Crippen molar-refractivity contribution in [1.82, 2.24) is 19.8 Å². The molecule has 2 aromatic rings. The Morgan fingerprint density at radius 3 is 2.66 bits per heavy atom. The number of amides is 1. The summed E-state index contributed by atoms with van der Waals surface area (Å²) in [4.78, 5) is 27.7. The smallest absolute Gasteiger partial charge is 0.227 e. The summed E-state index contributed by atoms with van der Waals surface area (Å²) in [6, 6.07) is 10.8. The average molecular weight is 480 g/mol. The van der Waals surface area contributed by atoms with E-state index in [1.165, 1.54) is 5.56 Å². The molecule has 1 aromatic carbocycles. The van der Waals surface area contributed by atoms with Crippen molar-refractivity contribution in [2.45, 2.75) is 82.6 Å². The van der Waals surface area contributed by atoms with Crippen LogP contribution >= 0.6 is 0 Å². The topological polar surface area (TPSA) is 61.4 Å². The monoisotopic (exact) mass is 479 g/mol. The Morgan fingerprint density at radius 2 is 1.91 bits per heavy atom. The van der Waals surface area contributed by atoms with Gasteiger partial charge >= 0.3 is 0 Å². The Hall–Kier alpha value is -2.54. The van der Waals surface area contributed by atoms with Gasteiger partial charge in [-0.05, 0) is 77.1 Å². The van der Waals surface area contributed by atoms with Crippen LogP contribution in [0.3, 0.4) is 0 Å². The number of likely N-dealkylation sites (tertiary alicyclic amines) is 1. The summed E-state index contributed by atoms with van der Waals surface area (Å²) < 4.78 is 14.2. The predicted octanol–water partition coefficient (Wildman–Crippen LogP) is 4.57. The molecule has 1 aliphatic carbocycles. The van der Waals surface area contributed by atoms with Crippen LogP contribution in [0, 0.1) is 5.92 Å². The first-order valence-corrected chi connectivity index (χ1v) is 13.1. The van der Waals surface area contributed by atoms with Crippen molar-refractivity contribution >= 4 is 11.9 Å². The molecule has 1 saturated carbocycles. The SMILES string of the molecule is C[C@@H]1Cc2cnc(NC3CCC(C)(F)CC3)nc2CN1C(=O)[C@H]1CCN(C)C[C@@H]1c1ccccc1. The van der Waals surface area contributed by atoms with Crippen LogP contribution < -0.4 is 5.32 Å². The number of aromatic nitrogens is 2. The van der Waals surface area contributed by atoms with Gasteiger partial charge in [-0.25, -0.2) is 14.4 Å². The molecular formula is C28H38FN5O. The van der Waals surface area contributed by atoms with Crippen LogP contribution in [0.1, 0.15) is 68.7 Å². The third kappa shape index (κ3) is 5.35. The lowest BCUT2D eigenvalue weighted by atomic mass is 9.79. The molecule has 1 saturated heterocycles. The molecule has 2 fully saturated rings. The fourth-order valence-corrected chi connectivity index (χ4v) is 6.07. The number of carbonyl (C=O) groups excluding carboxylic acids is 1. The molecule has 1 aromatic heterocycles. The zero-order valence-corrected chi connectivity index (χ0v) is 21.2. The quantitative estimate of drug-likeness (QED) is 0.696. The van der Waals surface area contributed by atoms with Gasteiger partial charge in [0.1, 0.15) is 5.67 Å². The Balaban J connectivity index is 1.31. The molecular weight excluding hydrogens is 441 g/mol. The van der Waals surface area contributed by atoms with Crippen molar-refractivity contribution in [2.24, 2.45) is 5.92 Å². The number of carbonyl (C=O) groups is 1. The largest absolute Gasteiger partial charge is 0.351 e. The maximum Gasteiger partial charge on any atom is 0.227 e. The fourth-order valence-electron chi connectivity index (χ4n) is 6.07. The molecule has 6 nitrogen and oxygen atoms in total. The molecule has 1 amide bonds. The van der Waals surface area contributed by atoms with E-state index in [1.54, 1.807) is 6.92 Å². The van der Waals surface area contributed by atoms with Crippen molar-refractivity contribution in [3.63, 3.8) is 0 Å². The molecule has 0 radical (unpaired) electrons. The second kappa shape index (κ2) is 9.84. The minimum atomic E-state index is -1.06. The zero-order chi connectivity index (χ0) is 24.6. The maximum absolute atomic E-state index is 14.2. The van der Waals surface area contributed by atoms with E-state index in [4.69, 9.17) is 4.98 Å². The summed E-state index contributed by atoms with van der Waals surface area (Å²) in [5, 5.41) is 3.42. The number of hydrogen-bond acceptors (Lipinski definition) is 5. The minimum Gasteiger partial charge on any atom is -0.351 e. The third-order valence-corrected chi connectivity index (χ3v) is 8.33. The first kappa shape index (κ1) is 24.2. The van der Waals surface area contributed by atoms with Gasteiger partial charge in [0.25, 0.3) is 0 Å². The second-order valence-electron chi connectivity index (χ2n) is 11.2. The van der Waals surface area contributed by atoms with Crippen molar-refractivity contribution in [2.75, 3.05) is 25.5 Å². The van der Waals surface area contributed by atoms with E-state index < -0.39 is 5.67 Å². The highest BCUT2D eigenvalue weighted by Gasteiger charge is 2.39. The molecule has 3 aliphatic rings. The molecule has 0 bridgehead atoms. The molecule has 3 atom stereocenters. The Labute approximate surface area is 208 Å². The molecule has 35 heavy (non-hydrogen) atoms. The Kier molecular flexibility index (Phi) is 6.80. The highest BCUT2D eigenvalue weighted by Crippen LogP contribution is 2.36. The van der Waals surface area contributed by atoms with Crippen LogP contribution in [-0.2, 0) is 17.8 Å². The number of likely N-dealkylation sites (N-methyl/N-ethyl adjacent to an activating group) is 1. The fraction of sp³-hybridized carbons (Fsp3) is 0.607. The van der Waals surface area contributed by atoms with Crippen molar-refractivity contribution in [3.8, 4) is 0 Å². The number of benzene rings is 1. The van der Waals surface area contributed by atoms with E-state index in [1.807, 2.05) is 17.2 Å². The molecule has 1 N–H and O–H groups in total. The van der Waals surface area contributed by atoms with Gasteiger partial charge in [-0.3, -0.25) is 4.79 Å². The summed E-state index contributed by atoms with van der Waals surface area (Å²) in [5.74, 6) is 1.02. The lowest BCUT2D eigenvalue weighted by Gasteiger charge is -2.42. The van der Waals surface area contributed by atoms with Gasteiger partial charge in [0.2, 0.25) is 11.9 Å². The van der Waals surface area contributed by atoms with Crippen molar-refractivity contribution in [1.29, 1.82) is 0 Å². The van der Waals surface area contributed by atoms with Gasteiger partial charge in [-0.2, -0.15) is 0 Å². The van der Waals surface area contributed by atoms with Crippen LogP contribution in [0.4, 0.5) is 10.3 Å². The first-order chi connectivity index (χ1) is 16.8. The molecule has 188 valence electrons. The number of nitrogens with zero attached hydrogens (tertiary/aromatic N) is 4. The minimum absolute atomic E-state index is 0.0192. The highest BCUT2D eigenvalue weighted by atomic mass is 19.1. The lowest BCUT2D eigenvalue weighted by molar-refractivity contribution is -0.141. The van der Waals surface area contributed by atoms with Crippen LogP contribution in [0.5, 0.6) is 0 Å². The predicted molar refractivity (Wildman–Crippen MR) is 136 cm³/mol. The van der Waals surface area contributed by atoms with Gasteiger partial charge in [0.05, 0.1) is 12.2 Å². The third-order valence-electron chi connectivity index (χ3n) is 8.33. The van der Waals surface area contributed by atoms with Gasteiger partial charge < -0.3 is 15.1 Å². The van der Waals surface area contributed by atoms with E-state index in [9.17, 15) is 9.18 Å². The van der Waals surface area contributed by atoms with E-state index in [0.29, 0.717) is 25.3 Å². The highest BCUT2D eigenvalue weighted by molar-refractivity contribution is 5.80. The number of fused-ring (bicyclic) bond motifs is 1.